The number of nitrogens with zero attached hydrogens (tertiary/aromatic N) is 1. The highest BCUT2D eigenvalue weighted by atomic mass is 127. The van der Waals surface area contributed by atoms with Gasteiger partial charge in [0.05, 0.1) is 13.2 Å². The number of ether oxygens (including phenoxy) is 2. The number of unbranched alkanes of at least 4 members (excludes halogenated alkanes) is 1. The second-order valence-electron chi connectivity index (χ2n) is 4.63. The number of hydrogen-bond donors (Lipinski definition) is 2. The maximum absolute atomic E-state index is 12.7. The molecule has 0 saturated heterocycles. The Balaban J connectivity index is 0.00000484. The summed E-state index contributed by atoms with van der Waals surface area (Å²) in [7, 11) is 1.74. The van der Waals surface area contributed by atoms with Crippen LogP contribution >= 0.6 is 24.0 Å². The van der Waals surface area contributed by atoms with Crippen molar-refractivity contribution in [1.29, 1.82) is 0 Å². The van der Waals surface area contributed by atoms with Crippen molar-refractivity contribution < 1.29 is 13.9 Å². The lowest BCUT2D eigenvalue weighted by Gasteiger charge is -2.12. The van der Waals surface area contributed by atoms with Crippen LogP contribution in [-0.4, -0.2) is 45.9 Å². The first-order valence-electron chi connectivity index (χ1n) is 7.67. The molecule has 0 aromatic heterocycles. The molecule has 23 heavy (non-hydrogen) atoms. The molecular weight excluding hydrogens is 412 g/mol. The van der Waals surface area contributed by atoms with Crippen molar-refractivity contribution in [1.82, 2.24) is 10.6 Å². The van der Waals surface area contributed by atoms with E-state index in [0.717, 1.165) is 38.5 Å². The molecule has 0 heterocycles. The molecule has 0 unspecified atom stereocenters. The van der Waals surface area contributed by atoms with Gasteiger partial charge in [0.15, 0.2) is 5.96 Å². The monoisotopic (exact) mass is 439 g/mol. The zero-order chi connectivity index (χ0) is 16.0. The van der Waals surface area contributed by atoms with Crippen LogP contribution in [0.5, 0.6) is 5.75 Å². The number of rotatable bonds is 10. The molecule has 0 fully saturated rings. The Morgan fingerprint density at radius 1 is 1.09 bits per heavy atom. The summed E-state index contributed by atoms with van der Waals surface area (Å²) in [6, 6.07) is 6.07. The Morgan fingerprint density at radius 2 is 1.78 bits per heavy atom. The maximum atomic E-state index is 12.7. The van der Waals surface area contributed by atoms with Crippen LogP contribution < -0.4 is 15.4 Å². The predicted octanol–water partition coefficient (Wildman–Crippen LogP) is 2.80. The average molecular weight is 439 g/mol. The normalized spacial score (nSPS) is 10.8. The number of benzene rings is 1. The summed E-state index contributed by atoms with van der Waals surface area (Å²) in [5.41, 5.74) is 0. The molecule has 0 aliphatic carbocycles. The lowest BCUT2D eigenvalue weighted by atomic mass is 10.3. The van der Waals surface area contributed by atoms with Gasteiger partial charge in [-0.2, -0.15) is 0 Å². The van der Waals surface area contributed by atoms with Crippen LogP contribution in [0.25, 0.3) is 0 Å². The maximum Gasteiger partial charge on any atom is 0.191 e. The van der Waals surface area contributed by atoms with Crippen LogP contribution in [-0.2, 0) is 4.74 Å². The first-order chi connectivity index (χ1) is 10.8. The van der Waals surface area contributed by atoms with E-state index in [0.29, 0.717) is 19.0 Å². The molecule has 0 bridgehead atoms. The Labute approximate surface area is 155 Å². The standard InChI is InChI=1S/C16H26FN3O2.HI/c1-3-21-13-11-20-16(18-2)19-10-4-5-12-22-15-8-6-14(17)7-9-15;/h6-9H,3-5,10-13H2,1-2H3,(H2,18,19,20);1H. The first-order valence-corrected chi connectivity index (χ1v) is 7.67. The van der Waals surface area contributed by atoms with Gasteiger partial charge in [-0.05, 0) is 44.0 Å². The van der Waals surface area contributed by atoms with E-state index in [-0.39, 0.29) is 29.8 Å². The van der Waals surface area contributed by atoms with E-state index in [1.165, 1.54) is 12.1 Å². The molecule has 5 nitrogen and oxygen atoms in total. The quantitative estimate of drug-likeness (QED) is 0.255. The zero-order valence-corrected chi connectivity index (χ0v) is 16.1. The van der Waals surface area contributed by atoms with Crippen molar-refractivity contribution in [3.63, 3.8) is 0 Å². The minimum absolute atomic E-state index is 0. The van der Waals surface area contributed by atoms with Crippen LogP contribution in [0.4, 0.5) is 4.39 Å². The van der Waals surface area contributed by atoms with Gasteiger partial charge in [0.2, 0.25) is 0 Å². The van der Waals surface area contributed by atoms with E-state index in [9.17, 15) is 4.39 Å². The SMILES string of the molecule is CCOCCNC(=NC)NCCCCOc1ccc(F)cc1.I. The van der Waals surface area contributed by atoms with E-state index < -0.39 is 0 Å². The van der Waals surface area contributed by atoms with E-state index in [4.69, 9.17) is 9.47 Å². The van der Waals surface area contributed by atoms with Crippen molar-refractivity contribution in [3.05, 3.63) is 30.1 Å². The third kappa shape index (κ3) is 11.1. The predicted molar refractivity (Wildman–Crippen MR) is 102 cm³/mol. The summed E-state index contributed by atoms with van der Waals surface area (Å²) >= 11 is 0. The van der Waals surface area contributed by atoms with Gasteiger partial charge in [-0.1, -0.05) is 0 Å². The molecule has 132 valence electrons. The fourth-order valence-corrected chi connectivity index (χ4v) is 1.76. The van der Waals surface area contributed by atoms with Gasteiger partial charge >= 0.3 is 0 Å². The minimum Gasteiger partial charge on any atom is -0.494 e. The lowest BCUT2D eigenvalue weighted by Crippen LogP contribution is -2.39. The minimum atomic E-state index is -0.250. The molecule has 1 aromatic rings. The summed E-state index contributed by atoms with van der Waals surface area (Å²) < 4.78 is 23.5. The number of nitrogens with one attached hydrogen (secondary N) is 2. The molecule has 0 aliphatic rings. The van der Waals surface area contributed by atoms with E-state index >= 15 is 0 Å². The molecule has 0 radical (unpaired) electrons. The third-order valence-corrected chi connectivity index (χ3v) is 2.91. The van der Waals surface area contributed by atoms with Gasteiger partial charge in [0, 0.05) is 26.7 Å². The van der Waals surface area contributed by atoms with Crippen LogP contribution in [0.2, 0.25) is 0 Å². The van der Waals surface area contributed by atoms with Crippen LogP contribution in [0, 0.1) is 5.82 Å². The highest BCUT2D eigenvalue weighted by molar-refractivity contribution is 14.0. The van der Waals surface area contributed by atoms with Crippen molar-refractivity contribution >= 4 is 29.9 Å². The lowest BCUT2D eigenvalue weighted by molar-refractivity contribution is 0.152. The second-order valence-corrected chi connectivity index (χ2v) is 4.63. The van der Waals surface area contributed by atoms with Crippen molar-refractivity contribution in [2.24, 2.45) is 4.99 Å². The zero-order valence-electron chi connectivity index (χ0n) is 13.8. The number of halogens is 2. The fraction of sp³-hybridized carbons (Fsp3) is 0.562. The van der Waals surface area contributed by atoms with Gasteiger partial charge in [0.1, 0.15) is 11.6 Å². The summed E-state index contributed by atoms with van der Waals surface area (Å²) in [4.78, 5) is 4.13. The third-order valence-electron chi connectivity index (χ3n) is 2.91. The van der Waals surface area contributed by atoms with E-state index in [1.54, 1.807) is 19.2 Å². The van der Waals surface area contributed by atoms with Gasteiger partial charge in [0.25, 0.3) is 0 Å². The summed E-state index contributed by atoms with van der Waals surface area (Å²) in [6.07, 6.45) is 1.88. The van der Waals surface area contributed by atoms with E-state index in [2.05, 4.69) is 15.6 Å². The summed E-state index contributed by atoms with van der Waals surface area (Å²) in [5, 5.41) is 6.40. The van der Waals surface area contributed by atoms with E-state index in [1.807, 2.05) is 6.92 Å². The van der Waals surface area contributed by atoms with Gasteiger partial charge < -0.3 is 20.1 Å². The van der Waals surface area contributed by atoms with Crippen LogP contribution in [0.15, 0.2) is 29.3 Å². The first kappa shape index (κ1) is 21.9. The molecule has 2 N–H and O–H groups in total. The van der Waals surface area contributed by atoms with Crippen molar-refractivity contribution in [2.45, 2.75) is 19.8 Å². The Morgan fingerprint density at radius 3 is 2.43 bits per heavy atom. The smallest absolute Gasteiger partial charge is 0.191 e. The molecule has 0 spiro atoms. The number of guanidine groups is 1. The molecule has 0 saturated carbocycles. The highest BCUT2D eigenvalue weighted by Gasteiger charge is 1.97. The Bertz CT molecular complexity index is 430. The molecule has 0 amide bonds. The topological polar surface area (TPSA) is 54.9 Å². The van der Waals surface area contributed by atoms with Gasteiger partial charge in [-0.15, -0.1) is 24.0 Å². The Hall–Kier alpha value is -1.09. The molecular formula is C16H27FIN3O2. The Kier molecular flexibility index (Phi) is 13.8. The van der Waals surface area contributed by atoms with Crippen LogP contribution in [0.1, 0.15) is 19.8 Å². The molecule has 7 heteroatoms. The fourth-order valence-electron chi connectivity index (χ4n) is 1.76. The van der Waals surface area contributed by atoms with Crippen LogP contribution in [0.3, 0.4) is 0 Å². The van der Waals surface area contributed by atoms with Gasteiger partial charge in [-0.25, -0.2) is 4.39 Å². The largest absolute Gasteiger partial charge is 0.494 e. The number of hydrogen-bond acceptors (Lipinski definition) is 3. The molecule has 1 aromatic carbocycles. The molecule has 0 aliphatic heterocycles. The summed E-state index contributed by atoms with van der Waals surface area (Å²) in [5.74, 6) is 1.22. The number of aliphatic imine (C=N–C) groups is 1. The average Bonchev–Trinajstić information content (AvgIpc) is 2.54. The molecule has 1 rings (SSSR count). The highest BCUT2D eigenvalue weighted by Crippen LogP contribution is 2.11. The summed E-state index contributed by atoms with van der Waals surface area (Å²) in [6.45, 7) is 5.54. The molecule has 0 atom stereocenters. The van der Waals surface area contributed by atoms with Gasteiger partial charge in [-0.3, -0.25) is 4.99 Å². The van der Waals surface area contributed by atoms with Crippen molar-refractivity contribution in [3.8, 4) is 5.75 Å². The second kappa shape index (κ2) is 14.5. The van der Waals surface area contributed by atoms with Crippen molar-refractivity contribution in [2.75, 3.05) is 40.0 Å².